The molecular weight excluding hydrogens is 291 g/mol. The first-order chi connectivity index (χ1) is 8.34. The fraction of sp³-hybridized carbons (Fsp3) is 0.692. The zero-order valence-electron chi connectivity index (χ0n) is 13.1. The van der Waals surface area contributed by atoms with Gasteiger partial charge in [-0.1, -0.05) is 0 Å². The molecule has 116 valence electrons. The van der Waals surface area contributed by atoms with Gasteiger partial charge in [-0.15, -0.1) is 23.2 Å². The van der Waals surface area contributed by atoms with Gasteiger partial charge in [0, 0.05) is 0 Å². The Bertz CT molecular complexity index is 175. The number of carbonyl (C=O) groups is 4. The third-order valence-electron chi connectivity index (χ3n) is 0. The zero-order chi connectivity index (χ0) is 17.0. The molecule has 0 fully saturated rings. The van der Waals surface area contributed by atoms with Crippen LogP contribution < -0.4 is 0 Å². The molecule has 0 aliphatic carbocycles. The minimum atomic E-state index is 0.167. The maximum atomic E-state index is 9.44. The highest BCUT2D eigenvalue weighted by atomic mass is 35.5. The van der Waals surface area contributed by atoms with Gasteiger partial charge < -0.3 is 19.2 Å². The summed E-state index contributed by atoms with van der Waals surface area (Å²) in [6, 6.07) is 0. The van der Waals surface area contributed by atoms with Crippen molar-refractivity contribution in [2.75, 3.05) is 5.34 Å². The lowest BCUT2D eigenvalue weighted by Gasteiger charge is -1.56. The average molecular weight is 317 g/mol. The van der Waals surface area contributed by atoms with Crippen molar-refractivity contribution in [2.24, 2.45) is 0 Å². The molecule has 0 heterocycles. The molecule has 0 bridgehead atoms. The van der Waals surface area contributed by atoms with Gasteiger partial charge in [-0.05, 0) is 55.4 Å². The van der Waals surface area contributed by atoms with E-state index in [1.54, 1.807) is 0 Å². The molecule has 4 nitrogen and oxygen atoms in total. The molecular formula is C13H26Cl2O4. The van der Waals surface area contributed by atoms with Crippen molar-refractivity contribution >= 4 is 46.3 Å². The van der Waals surface area contributed by atoms with Crippen LogP contribution in [0.3, 0.4) is 0 Å². The molecule has 0 aromatic rings. The maximum absolute atomic E-state index is 9.44. The lowest BCUT2D eigenvalue weighted by Crippen LogP contribution is -1.69. The van der Waals surface area contributed by atoms with E-state index in [1.807, 2.05) is 0 Å². The fourth-order valence-corrected chi connectivity index (χ4v) is 0. The highest BCUT2D eigenvalue weighted by molar-refractivity contribution is 6.40. The SMILES string of the molecule is CC(C)=O.CC(C)=O.CC(C)=O.CC(C)=O.ClCCl. The summed E-state index contributed by atoms with van der Waals surface area (Å²) in [5.74, 6) is 0.667. The van der Waals surface area contributed by atoms with Crippen molar-refractivity contribution in [2.45, 2.75) is 55.4 Å². The molecule has 0 saturated heterocycles. The lowest BCUT2D eigenvalue weighted by atomic mass is 10.6. The number of halogens is 2. The predicted octanol–water partition coefficient (Wildman–Crippen LogP) is 3.80. The second-order valence-electron chi connectivity index (χ2n) is 3.73. The molecule has 0 aromatic heterocycles. The second kappa shape index (κ2) is 30.4. The molecule has 0 aliphatic rings. The lowest BCUT2D eigenvalue weighted by molar-refractivity contribution is -0.115. The standard InChI is InChI=1S/4C3H6O.CH2Cl2/c4*1-3(2)4;2-1-3/h4*1-2H3;1H2. The van der Waals surface area contributed by atoms with Gasteiger partial charge in [0.25, 0.3) is 0 Å². The van der Waals surface area contributed by atoms with Crippen LogP contribution in [0, 0.1) is 0 Å². The van der Waals surface area contributed by atoms with Gasteiger partial charge in [0.05, 0.1) is 5.34 Å². The van der Waals surface area contributed by atoms with Gasteiger partial charge >= 0.3 is 0 Å². The molecule has 0 unspecified atom stereocenters. The molecule has 6 heteroatoms. The number of rotatable bonds is 0. The molecule has 0 spiro atoms. The Morgan fingerprint density at radius 3 is 0.526 bits per heavy atom. The minimum absolute atomic E-state index is 0.167. The number of ketones is 4. The molecule has 0 N–H and O–H groups in total. The van der Waals surface area contributed by atoms with Gasteiger partial charge in [0.15, 0.2) is 0 Å². The average Bonchev–Trinajstić information content (AvgIpc) is 1.97. The Balaban J connectivity index is -0.0000000432. The fourth-order valence-electron chi connectivity index (χ4n) is 0. The van der Waals surface area contributed by atoms with E-state index in [9.17, 15) is 19.2 Å². The summed E-state index contributed by atoms with van der Waals surface area (Å²) < 4.78 is 0. The van der Waals surface area contributed by atoms with Crippen LogP contribution in [-0.2, 0) is 19.2 Å². The number of carbonyl (C=O) groups excluding carboxylic acids is 4. The summed E-state index contributed by atoms with van der Waals surface area (Å²) in [6.07, 6.45) is 0. The topological polar surface area (TPSA) is 68.3 Å². The molecule has 0 aliphatic heterocycles. The van der Waals surface area contributed by atoms with E-state index in [0.717, 1.165) is 0 Å². The molecule has 0 amide bonds. The van der Waals surface area contributed by atoms with E-state index in [2.05, 4.69) is 0 Å². The molecule has 0 radical (unpaired) electrons. The number of Topliss-reactive ketones (excluding diaryl/α,β-unsaturated/α-hetero) is 4. The van der Waals surface area contributed by atoms with Crippen LogP contribution >= 0.6 is 23.2 Å². The van der Waals surface area contributed by atoms with Crippen molar-refractivity contribution in [1.82, 2.24) is 0 Å². The summed E-state index contributed by atoms with van der Waals surface area (Å²) >= 11 is 9.53. The Hall–Kier alpha value is -0.740. The first-order valence-electron chi connectivity index (χ1n) is 5.35. The molecule has 19 heavy (non-hydrogen) atoms. The number of hydrogen-bond acceptors (Lipinski definition) is 4. The summed E-state index contributed by atoms with van der Waals surface area (Å²) in [7, 11) is 0. The normalized spacial score (nSPS) is 6.42. The Morgan fingerprint density at radius 1 is 0.526 bits per heavy atom. The molecule has 0 rings (SSSR count). The predicted molar refractivity (Wildman–Crippen MR) is 82.0 cm³/mol. The Kier molecular flexibility index (Phi) is 49.4. The van der Waals surface area contributed by atoms with Gasteiger partial charge in [-0.25, -0.2) is 0 Å². The molecule has 0 saturated carbocycles. The maximum Gasteiger partial charge on any atom is 0.126 e. The minimum Gasteiger partial charge on any atom is -0.300 e. The van der Waals surface area contributed by atoms with Crippen molar-refractivity contribution in [3.05, 3.63) is 0 Å². The van der Waals surface area contributed by atoms with Crippen LogP contribution in [0.15, 0.2) is 0 Å². The third-order valence-corrected chi connectivity index (χ3v) is 0. The van der Waals surface area contributed by atoms with Crippen molar-refractivity contribution in [3.63, 3.8) is 0 Å². The summed E-state index contributed by atoms with van der Waals surface area (Å²) in [4.78, 5) is 37.8. The van der Waals surface area contributed by atoms with Crippen LogP contribution in [0.25, 0.3) is 0 Å². The second-order valence-corrected chi connectivity index (χ2v) is 4.54. The van der Waals surface area contributed by atoms with E-state index in [-0.39, 0.29) is 28.5 Å². The van der Waals surface area contributed by atoms with Crippen molar-refractivity contribution in [1.29, 1.82) is 0 Å². The monoisotopic (exact) mass is 316 g/mol. The highest BCUT2D eigenvalue weighted by Crippen LogP contribution is 1.73. The highest BCUT2D eigenvalue weighted by Gasteiger charge is 1.63. The molecule has 0 atom stereocenters. The van der Waals surface area contributed by atoms with E-state index in [0.29, 0.717) is 0 Å². The van der Waals surface area contributed by atoms with E-state index in [1.165, 1.54) is 55.4 Å². The zero-order valence-corrected chi connectivity index (χ0v) is 14.6. The van der Waals surface area contributed by atoms with E-state index < -0.39 is 0 Å². The van der Waals surface area contributed by atoms with E-state index in [4.69, 9.17) is 23.2 Å². The largest absolute Gasteiger partial charge is 0.300 e. The van der Waals surface area contributed by atoms with Gasteiger partial charge in [0.2, 0.25) is 0 Å². The Labute approximate surface area is 126 Å². The van der Waals surface area contributed by atoms with E-state index >= 15 is 0 Å². The molecule has 0 aromatic carbocycles. The number of hydrogen-bond donors (Lipinski definition) is 0. The third kappa shape index (κ3) is 7340. The van der Waals surface area contributed by atoms with Crippen LogP contribution in [0.2, 0.25) is 0 Å². The van der Waals surface area contributed by atoms with Gasteiger partial charge in [-0.3, -0.25) is 0 Å². The smallest absolute Gasteiger partial charge is 0.126 e. The van der Waals surface area contributed by atoms with Crippen LogP contribution in [-0.4, -0.2) is 28.5 Å². The van der Waals surface area contributed by atoms with Gasteiger partial charge in [-0.2, -0.15) is 0 Å². The van der Waals surface area contributed by atoms with Gasteiger partial charge in [0.1, 0.15) is 23.1 Å². The first kappa shape index (κ1) is 30.9. The van der Waals surface area contributed by atoms with Crippen molar-refractivity contribution < 1.29 is 19.2 Å². The summed E-state index contributed by atoms with van der Waals surface area (Å²) in [5.41, 5.74) is 0. The van der Waals surface area contributed by atoms with Crippen LogP contribution in [0.4, 0.5) is 0 Å². The van der Waals surface area contributed by atoms with Crippen molar-refractivity contribution in [3.8, 4) is 0 Å². The Morgan fingerprint density at radius 2 is 0.526 bits per heavy atom. The number of alkyl halides is 2. The quantitative estimate of drug-likeness (QED) is 0.637. The first-order valence-corrected chi connectivity index (χ1v) is 6.42. The van der Waals surface area contributed by atoms with Crippen LogP contribution in [0.1, 0.15) is 55.4 Å². The summed E-state index contributed by atoms with van der Waals surface area (Å²) in [5, 5.41) is 0.194. The van der Waals surface area contributed by atoms with Crippen LogP contribution in [0.5, 0.6) is 0 Å². The summed E-state index contributed by atoms with van der Waals surface area (Å²) in [6.45, 7) is 12.2.